The normalized spacial score (nSPS) is 8.86. The Balaban J connectivity index is -0.00000000750. The van der Waals surface area contributed by atoms with Crippen molar-refractivity contribution in [2.45, 2.75) is 0 Å². The maximum atomic E-state index is 9.11. The van der Waals surface area contributed by atoms with Crippen LogP contribution in [0.15, 0.2) is 0 Å². The quantitative estimate of drug-likeness (QED) is 0.270. The first kappa shape index (κ1) is 24.4. The molecule has 0 heterocycles. The van der Waals surface area contributed by atoms with Gasteiger partial charge in [0.05, 0.1) is 0 Å². The summed E-state index contributed by atoms with van der Waals surface area (Å²) in [6, 6.07) is 0. The van der Waals surface area contributed by atoms with Crippen molar-refractivity contribution in [1.82, 2.24) is 0 Å². The van der Waals surface area contributed by atoms with E-state index in [9.17, 15) is 0 Å². The Bertz CT molecular complexity index is 39.0. The van der Waals surface area contributed by atoms with E-state index < -0.39 is 11.1 Å². The van der Waals surface area contributed by atoms with Crippen LogP contribution in [-0.4, -0.2) is 26.0 Å². The third-order valence-corrected chi connectivity index (χ3v) is 0. The number of hydrogen-bond donors (Lipinski definition) is 1. The summed E-state index contributed by atoms with van der Waals surface area (Å²) in [5.41, 5.74) is 0. The monoisotopic (exact) mass is 140 g/mol. The van der Waals surface area contributed by atoms with Crippen molar-refractivity contribution in [2.75, 3.05) is 6.26 Å². The molecular weight excluding hydrogens is 131 g/mol. The molecule has 0 aliphatic heterocycles. The first-order valence-electron chi connectivity index (χ1n) is 0.757. The fraction of sp³-hybridized carbons (Fsp3) is 1.00. The van der Waals surface area contributed by atoms with Crippen LogP contribution in [0.3, 0.4) is 0 Å². The molecule has 0 aromatic heterocycles. The second-order valence-electron chi connectivity index (χ2n) is 0.424. The largest absolute Gasteiger partial charge is 1.00 e. The van der Waals surface area contributed by atoms with Crippen molar-refractivity contribution in [3.8, 4) is 0 Å². The Morgan fingerprint density at radius 1 is 1.57 bits per heavy atom. The predicted molar refractivity (Wildman–Crippen MR) is 25.0 cm³/mol. The zero-order valence-electron chi connectivity index (χ0n) is 5.26. The molecule has 0 amide bonds. The maximum Gasteiger partial charge on any atom is 1.00 e. The summed E-state index contributed by atoms with van der Waals surface area (Å²) in [5.74, 6) is 0. The van der Waals surface area contributed by atoms with Crippen LogP contribution in [0.2, 0.25) is 0 Å². The molecule has 7 heavy (non-hydrogen) atoms. The third kappa shape index (κ3) is 168. The van der Waals surface area contributed by atoms with Gasteiger partial charge < -0.3 is 16.9 Å². The molecule has 5 N–H and O–H groups in total. The van der Waals surface area contributed by atoms with Crippen LogP contribution < -0.4 is 29.6 Å². The van der Waals surface area contributed by atoms with Gasteiger partial charge >= 0.3 is 29.6 Å². The van der Waals surface area contributed by atoms with Crippen molar-refractivity contribution < 1.29 is 50.7 Å². The van der Waals surface area contributed by atoms with Crippen molar-refractivity contribution >= 4 is 11.1 Å². The van der Waals surface area contributed by atoms with Crippen molar-refractivity contribution in [2.24, 2.45) is 0 Å². The van der Waals surface area contributed by atoms with Crippen LogP contribution in [0.1, 0.15) is 1.43 Å². The average molecular weight is 140 g/mol. The van der Waals surface area contributed by atoms with Gasteiger partial charge in [0.15, 0.2) is 0 Å². The van der Waals surface area contributed by atoms with E-state index in [4.69, 9.17) is 8.76 Å². The summed E-state index contributed by atoms with van der Waals surface area (Å²) in [4.78, 5) is 0. The smallest absolute Gasteiger partial charge is 1.00 e. The van der Waals surface area contributed by atoms with Gasteiger partial charge in [0.1, 0.15) is 11.1 Å². The molecule has 0 radical (unpaired) electrons. The van der Waals surface area contributed by atoms with E-state index >= 15 is 0 Å². The summed E-state index contributed by atoms with van der Waals surface area (Å²) in [5, 5.41) is 0. The van der Waals surface area contributed by atoms with Crippen LogP contribution in [0.4, 0.5) is 0 Å². The van der Waals surface area contributed by atoms with Crippen LogP contribution in [-0.2, 0) is 11.1 Å². The standard InChI is InChI=1S/CH4O2S.Na.2H2O.H/c1-4(2)3;;;;/h1H3,(H,2,3);;2*1H2;/q;+1;;;-1. The van der Waals surface area contributed by atoms with Gasteiger partial charge in [-0.3, -0.25) is 0 Å². The van der Waals surface area contributed by atoms with Gasteiger partial charge in [0.25, 0.3) is 0 Å². The van der Waals surface area contributed by atoms with E-state index in [2.05, 4.69) is 0 Å². The Hall–Kier alpha value is 1.03. The van der Waals surface area contributed by atoms with E-state index in [1.165, 1.54) is 6.26 Å². The molecule has 0 rings (SSSR count). The molecule has 1 unspecified atom stereocenters. The summed E-state index contributed by atoms with van der Waals surface area (Å²) in [7, 11) is 0. The van der Waals surface area contributed by atoms with E-state index in [1.54, 1.807) is 0 Å². The van der Waals surface area contributed by atoms with Gasteiger partial charge in [-0.15, -0.1) is 0 Å². The van der Waals surface area contributed by atoms with Gasteiger partial charge in [-0.25, -0.2) is 4.21 Å². The van der Waals surface area contributed by atoms with Gasteiger partial charge in [-0.2, -0.15) is 0 Å². The fourth-order valence-electron chi connectivity index (χ4n) is 0. The fourth-order valence-corrected chi connectivity index (χ4v) is 0. The number of rotatable bonds is 0. The third-order valence-electron chi connectivity index (χ3n) is 0. The molecule has 0 saturated heterocycles. The molecule has 0 aromatic rings. The Labute approximate surface area is 68.0 Å². The first-order chi connectivity index (χ1) is 1.73. The van der Waals surface area contributed by atoms with Crippen LogP contribution in [0.25, 0.3) is 0 Å². The minimum Gasteiger partial charge on any atom is -1.00 e. The minimum atomic E-state index is -1.61. The number of hydrogen-bond acceptors (Lipinski definition) is 1. The van der Waals surface area contributed by atoms with Gasteiger partial charge in [0.2, 0.25) is 0 Å². The topological polar surface area (TPSA) is 100 Å². The molecule has 0 saturated carbocycles. The molecule has 0 fully saturated rings. The minimum absolute atomic E-state index is 0. The maximum absolute atomic E-state index is 9.11. The molecule has 6 heteroatoms. The summed E-state index contributed by atoms with van der Waals surface area (Å²) in [6.07, 6.45) is 1.19. The predicted octanol–water partition coefficient (Wildman–Crippen LogP) is -4.69. The van der Waals surface area contributed by atoms with E-state index in [-0.39, 0.29) is 41.9 Å². The van der Waals surface area contributed by atoms with E-state index in [0.29, 0.717) is 0 Å². The van der Waals surface area contributed by atoms with Gasteiger partial charge in [0, 0.05) is 6.26 Å². The molecule has 4 nitrogen and oxygen atoms in total. The van der Waals surface area contributed by atoms with Crippen molar-refractivity contribution in [1.29, 1.82) is 0 Å². The Morgan fingerprint density at radius 3 is 1.57 bits per heavy atom. The summed E-state index contributed by atoms with van der Waals surface area (Å²) < 4.78 is 16.6. The zero-order valence-corrected chi connectivity index (χ0v) is 7.08. The van der Waals surface area contributed by atoms with Crippen LogP contribution in [0.5, 0.6) is 0 Å². The first-order valence-corrected chi connectivity index (χ1v) is 2.27. The molecule has 0 spiro atoms. The summed E-state index contributed by atoms with van der Waals surface area (Å²) in [6.45, 7) is 0. The summed E-state index contributed by atoms with van der Waals surface area (Å²) >= 11 is -1.61. The van der Waals surface area contributed by atoms with Gasteiger partial charge in [-0.1, -0.05) is 0 Å². The van der Waals surface area contributed by atoms with Crippen molar-refractivity contribution in [3.63, 3.8) is 0 Å². The molecule has 0 aromatic carbocycles. The van der Waals surface area contributed by atoms with Crippen LogP contribution in [0, 0.1) is 0 Å². The second kappa shape index (κ2) is 15.7. The van der Waals surface area contributed by atoms with E-state index in [1.807, 2.05) is 0 Å². The van der Waals surface area contributed by atoms with Gasteiger partial charge in [-0.05, 0) is 0 Å². The van der Waals surface area contributed by atoms with E-state index in [0.717, 1.165) is 0 Å². The van der Waals surface area contributed by atoms with Crippen LogP contribution >= 0.6 is 0 Å². The molecule has 0 aliphatic rings. The second-order valence-corrected chi connectivity index (χ2v) is 1.27. The molecule has 44 valence electrons. The Morgan fingerprint density at radius 2 is 1.57 bits per heavy atom. The SMILES string of the molecule is CS(=O)O.O.O.[H-].[Na+]. The molecule has 1 atom stereocenters. The van der Waals surface area contributed by atoms with Crippen molar-refractivity contribution in [3.05, 3.63) is 0 Å². The molecular formula is CH9NaO4S. The average Bonchev–Trinajstić information content (AvgIpc) is 0.811. The Kier molecular flexibility index (Phi) is 54.9. The molecule has 0 aliphatic carbocycles. The zero-order chi connectivity index (χ0) is 3.58. The molecule has 0 bridgehead atoms.